The van der Waals surface area contributed by atoms with Gasteiger partial charge in [0.2, 0.25) is 0 Å². The Morgan fingerprint density at radius 3 is 2.89 bits per heavy atom. The molecular formula is C12H14N2O5. The molecule has 0 heterocycles. The van der Waals surface area contributed by atoms with Gasteiger partial charge >= 0.3 is 5.69 Å². The lowest BCUT2D eigenvalue weighted by Crippen LogP contribution is -2.28. The van der Waals surface area contributed by atoms with Crippen LogP contribution in [0.2, 0.25) is 0 Å². The van der Waals surface area contributed by atoms with Gasteiger partial charge in [0.1, 0.15) is 0 Å². The molecule has 0 atom stereocenters. The summed E-state index contributed by atoms with van der Waals surface area (Å²) in [6, 6.07) is 3.98. The number of nitrogens with zero attached hydrogens (tertiary/aromatic N) is 1. The van der Waals surface area contributed by atoms with Gasteiger partial charge in [-0.3, -0.25) is 14.9 Å². The van der Waals surface area contributed by atoms with Crippen LogP contribution >= 0.6 is 0 Å². The first kappa shape index (κ1) is 14.7. The third-order valence-electron chi connectivity index (χ3n) is 2.21. The van der Waals surface area contributed by atoms with Crippen molar-refractivity contribution in [1.29, 1.82) is 0 Å². The molecule has 1 rings (SSSR count). The van der Waals surface area contributed by atoms with E-state index in [1.807, 2.05) is 0 Å². The zero-order valence-electron chi connectivity index (χ0n) is 10.2. The Bertz CT molecular complexity index is 487. The fraction of sp³-hybridized carbons (Fsp3) is 0.250. The first-order valence-corrected chi connectivity index (χ1v) is 5.47. The number of rotatable bonds is 7. The van der Waals surface area contributed by atoms with Crippen LogP contribution in [-0.4, -0.2) is 29.1 Å². The minimum Gasteiger partial charge on any atom is -0.477 e. The number of nitrogens with one attached hydrogen (secondary N) is 1. The first-order chi connectivity index (χ1) is 9.08. The molecule has 102 valence electrons. The number of hydrogen-bond donors (Lipinski definition) is 2. The van der Waals surface area contributed by atoms with E-state index in [2.05, 4.69) is 11.9 Å². The molecule has 0 aliphatic heterocycles. The van der Waals surface area contributed by atoms with E-state index in [1.165, 1.54) is 24.3 Å². The first-order valence-electron chi connectivity index (χ1n) is 5.47. The van der Waals surface area contributed by atoms with Gasteiger partial charge in [-0.25, -0.2) is 0 Å². The Morgan fingerprint density at radius 1 is 1.58 bits per heavy atom. The maximum Gasteiger partial charge on any atom is 0.310 e. The number of aliphatic hydroxyl groups excluding tert-OH is 1. The Labute approximate surface area is 109 Å². The Morgan fingerprint density at radius 2 is 2.32 bits per heavy atom. The number of nitro groups is 1. The molecule has 0 radical (unpaired) electrons. The molecule has 0 unspecified atom stereocenters. The van der Waals surface area contributed by atoms with Crippen LogP contribution in [0.15, 0.2) is 30.9 Å². The van der Waals surface area contributed by atoms with Crippen molar-refractivity contribution >= 4 is 11.6 Å². The van der Waals surface area contributed by atoms with Crippen LogP contribution in [0, 0.1) is 10.1 Å². The summed E-state index contributed by atoms with van der Waals surface area (Å²) >= 11 is 0. The molecule has 2 N–H and O–H groups in total. The summed E-state index contributed by atoms with van der Waals surface area (Å²) < 4.78 is 5.10. The highest BCUT2D eigenvalue weighted by Gasteiger charge is 2.16. The van der Waals surface area contributed by atoms with Gasteiger partial charge < -0.3 is 15.2 Å². The molecule has 1 amide bonds. The second kappa shape index (κ2) is 7.12. The quantitative estimate of drug-likeness (QED) is 0.431. The molecule has 0 spiro atoms. The molecule has 7 nitrogen and oxygen atoms in total. The second-order valence-corrected chi connectivity index (χ2v) is 3.60. The molecule has 0 saturated carbocycles. The van der Waals surface area contributed by atoms with Crippen molar-refractivity contribution < 1.29 is 19.6 Å². The molecule has 0 bridgehead atoms. The third-order valence-corrected chi connectivity index (χ3v) is 2.21. The topological polar surface area (TPSA) is 102 Å². The summed E-state index contributed by atoms with van der Waals surface area (Å²) in [5.41, 5.74) is 0.209. The number of carbonyl (C=O) groups excluding carboxylic acids is 1. The van der Waals surface area contributed by atoms with E-state index in [1.54, 1.807) is 0 Å². The van der Waals surface area contributed by atoms with Gasteiger partial charge in [-0.1, -0.05) is 6.08 Å². The fourth-order valence-electron chi connectivity index (χ4n) is 1.30. The molecule has 0 fully saturated rings. The van der Waals surface area contributed by atoms with E-state index in [-0.39, 0.29) is 24.7 Å². The molecule has 1 aromatic carbocycles. The molecule has 0 aromatic heterocycles. The van der Waals surface area contributed by atoms with Gasteiger partial charge in [-0.15, -0.1) is 6.58 Å². The lowest BCUT2D eigenvalue weighted by atomic mass is 10.2. The smallest absolute Gasteiger partial charge is 0.310 e. The van der Waals surface area contributed by atoms with Crippen LogP contribution in [0.4, 0.5) is 5.69 Å². The summed E-state index contributed by atoms with van der Waals surface area (Å²) in [7, 11) is 0. The van der Waals surface area contributed by atoms with Crippen molar-refractivity contribution in [2.75, 3.05) is 13.2 Å². The average Bonchev–Trinajstić information content (AvgIpc) is 2.42. The van der Waals surface area contributed by atoms with Gasteiger partial charge in [-0.05, 0) is 17.7 Å². The van der Waals surface area contributed by atoms with Crippen molar-refractivity contribution in [3.8, 4) is 5.75 Å². The summed E-state index contributed by atoms with van der Waals surface area (Å²) in [6.07, 6.45) is 1.51. The molecule has 1 aromatic rings. The van der Waals surface area contributed by atoms with E-state index in [4.69, 9.17) is 9.84 Å². The van der Waals surface area contributed by atoms with Gasteiger partial charge in [0.05, 0.1) is 11.5 Å². The summed E-state index contributed by atoms with van der Waals surface area (Å²) in [5.74, 6) is -0.464. The lowest BCUT2D eigenvalue weighted by Gasteiger charge is -2.08. The predicted molar refractivity (Wildman–Crippen MR) is 67.7 cm³/mol. The van der Waals surface area contributed by atoms with Crippen LogP contribution in [0.5, 0.6) is 5.75 Å². The van der Waals surface area contributed by atoms with E-state index in [9.17, 15) is 14.9 Å². The number of aliphatic hydroxyl groups is 1. The van der Waals surface area contributed by atoms with E-state index in [0.717, 1.165) is 0 Å². The second-order valence-electron chi connectivity index (χ2n) is 3.60. The Balaban J connectivity index is 2.77. The van der Waals surface area contributed by atoms with Crippen molar-refractivity contribution in [3.63, 3.8) is 0 Å². The highest BCUT2D eigenvalue weighted by atomic mass is 16.6. The Kier molecular flexibility index (Phi) is 5.49. The molecule has 19 heavy (non-hydrogen) atoms. The van der Waals surface area contributed by atoms with Crippen LogP contribution in [0.3, 0.4) is 0 Å². The van der Waals surface area contributed by atoms with Crippen molar-refractivity contribution in [1.82, 2.24) is 5.32 Å². The molecule has 0 aliphatic carbocycles. The monoisotopic (exact) mass is 266 g/mol. The van der Waals surface area contributed by atoms with E-state index < -0.39 is 10.8 Å². The fourth-order valence-corrected chi connectivity index (χ4v) is 1.30. The van der Waals surface area contributed by atoms with E-state index in [0.29, 0.717) is 12.1 Å². The Hall–Kier alpha value is -2.41. The maximum absolute atomic E-state index is 11.3. The van der Waals surface area contributed by atoms with Crippen LogP contribution in [0.1, 0.15) is 5.56 Å². The minimum absolute atomic E-state index is 0.0506. The SMILES string of the molecule is C=CCNC(=O)COc1cc(CO)ccc1[N+](=O)[O-]. The number of nitro benzene ring substituents is 1. The summed E-state index contributed by atoms with van der Waals surface area (Å²) in [6.45, 7) is 3.12. The number of ether oxygens (including phenoxy) is 1. The maximum atomic E-state index is 11.3. The predicted octanol–water partition coefficient (Wildman–Crippen LogP) is 0.768. The largest absolute Gasteiger partial charge is 0.477 e. The number of carbonyl (C=O) groups is 1. The molecular weight excluding hydrogens is 252 g/mol. The van der Waals surface area contributed by atoms with Crippen molar-refractivity contribution in [2.45, 2.75) is 6.61 Å². The van der Waals surface area contributed by atoms with Crippen LogP contribution < -0.4 is 10.1 Å². The third kappa shape index (κ3) is 4.40. The van der Waals surface area contributed by atoms with Crippen molar-refractivity contribution in [2.24, 2.45) is 0 Å². The van der Waals surface area contributed by atoms with Gasteiger partial charge in [0.25, 0.3) is 5.91 Å². The normalized spacial score (nSPS) is 9.74. The lowest BCUT2D eigenvalue weighted by molar-refractivity contribution is -0.385. The zero-order valence-corrected chi connectivity index (χ0v) is 10.2. The van der Waals surface area contributed by atoms with E-state index >= 15 is 0 Å². The zero-order chi connectivity index (χ0) is 14.3. The summed E-state index contributed by atoms with van der Waals surface area (Å²) in [4.78, 5) is 21.5. The highest BCUT2D eigenvalue weighted by molar-refractivity contribution is 5.77. The van der Waals surface area contributed by atoms with Crippen molar-refractivity contribution in [3.05, 3.63) is 46.5 Å². The molecule has 7 heteroatoms. The highest BCUT2D eigenvalue weighted by Crippen LogP contribution is 2.27. The molecule has 0 aliphatic rings. The van der Waals surface area contributed by atoms with Gasteiger partial charge in [-0.2, -0.15) is 0 Å². The number of amides is 1. The van der Waals surface area contributed by atoms with Crippen LogP contribution in [0.25, 0.3) is 0 Å². The standard InChI is InChI=1S/C12H14N2O5/c1-2-5-13-12(16)8-19-11-6-9(7-15)3-4-10(11)14(17)18/h2-4,6,15H,1,5,7-8H2,(H,13,16). The number of hydrogen-bond acceptors (Lipinski definition) is 5. The summed E-state index contributed by atoms with van der Waals surface area (Å²) in [5, 5.41) is 22.2. The van der Waals surface area contributed by atoms with Gasteiger partial charge in [0, 0.05) is 12.6 Å². The van der Waals surface area contributed by atoms with Crippen LogP contribution in [-0.2, 0) is 11.4 Å². The average molecular weight is 266 g/mol. The van der Waals surface area contributed by atoms with Gasteiger partial charge in [0.15, 0.2) is 12.4 Å². The number of benzene rings is 1. The molecule has 0 saturated heterocycles. The minimum atomic E-state index is -0.613.